The molecule has 0 amide bonds. The minimum atomic E-state index is -0.318. The standard InChI is InChI=1S/C11H15N5O3/c1-5-8-9(13-11(12)14-10(8)18)16(15-5)7-3-2-6(4-17)19-7/h6-7,17H,2-4H2,1H3,(H3,12,13,14,18)/t6-,7+/m0/s1. The highest BCUT2D eigenvalue weighted by atomic mass is 16.5. The summed E-state index contributed by atoms with van der Waals surface area (Å²) >= 11 is 0. The van der Waals surface area contributed by atoms with Gasteiger partial charge in [-0.05, 0) is 19.8 Å². The smallest absolute Gasteiger partial charge is 0.263 e. The van der Waals surface area contributed by atoms with E-state index in [4.69, 9.17) is 15.6 Å². The molecule has 1 aliphatic rings. The van der Waals surface area contributed by atoms with Gasteiger partial charge in [0.1, 0.15) is 5.39 Å². The number of aliphatic hydroxyl groups is 1. The summed E-state index contributed by atoms with van der Waals surface area (Å²) in [6, 6.07) is 0. The van der Waals surface area contributed by atoms with Crippen molar-refractivity contribution in [1.29, 1.82) is 0 Å². The van der Waals surface area contributed by atoms with Gasteiger partial charge < -0.3 is 15.6 Å². The summed E-state index contributed by atoms with van der Waals surface area (Å²) in [5, 5.41) is 13.8. The number of nitrogen functional groups attached to an aromatic ring is 1. The summed E-state index contributed by atoms with van der Waals surface area (Å²) < 4.78 is 7.23. The molecule has 8 nitrogen and oxygen atoms in total. The van der Waals surface area contributed by atoms with E-state index >= 15 is 0 Å². The van der Waals surface area contributed by atoms with Crippen molar-refractivity contribution < 1.29 is 9.84 Å². The molecule has 1 saturated heterocycles. The lowest BCUT2D eigenvalue weighted by molar-refractivity contribution is -0.0263. The van der Waals surface area contributed by atoms with Crippen molar-refractivity contribution >= 4 is 17.0 Å². The Balaban J connectivity index is 2.12. The Morgan fingerprint density at radius 2 is 2.37 bits per heavy atom. The van der Waals surface area contributed by atoms with Crippen LogP contribution in [0.25, 0.3) is 11.0 Å². The maximum Gasteiger partial charge on any atom is 0.263 e. The van der Waals surface area contributed by atoms with Crippen molar-refractivity contribution in [3.8, 4) is 0 Å². The molecule has 102 valence electrons. The second-order valence-electron chi connectivity index (χ2n) is 4.65. The van der Waals surface area contributed by atoms with E-state index in [1.54, 1.807) is 11.6 Å². The number of H-pyrrole nitrogens is 1. The maximum absolute atomic E-state index is 11.9. The van der Waals surface area contributed by atoms with Gasteiger partial charge in [-0.2, -0.15) is 10.1 Å². The molecule has 0 unspecified atom stereocenters. The Bertz CT molecular complexity index is 677. The van der Waals surface area contributed by atoms with Crippen LogP contribution in [0.5, 0.6) is 0 Å². The van der Waals surface area contributed by atoms with Crippen LogP contribution < -0.4 is 11.3 Å². The van der Waals surface area contributed by atoms with Gasteiger partial charge in [0.2, 0.25) is 5.95 Å². The highest BCUT2D eigenvalue weighted by Crippen LogP contribution is 2.30. The minimum absolute atomic E-state index is 0.0230. The number of aliphatic hydroxyl groups excluding tert-OH is 1. The van der Waals surface area contributed by atoms with Crippen LogP contribution in [-0.4, -0.2) is 37.6 Å². The third-order valence-corrected chi connectivity index (χ3v) is 3.32. The topological polar surface area (TPSA) is 119 Å². The van der Waals surface area contributed by atoms with E-state index in [1.165, 1.54) is 0 Å². The lowest BCUT2D eigenvalue weighted by Gasteiger charge is -2.12. The highest BCUT2D eigenvalue weighted by Gasteiger charge is 2.29. The largest absolute Gasteiger partial charge is 0.394 e. The molecule has 1 fully saturated rings. The number of anilines is 1. The van der Waals surface area contributed by atoms with E-state index < -0.39 is 0 Å². The number of aryl methyl sites for hydroxylation is 1. The lowest BCUT2D eigenvalue weighted by Crippen LogP contribution is -2.17. The Labute approximate surface area is 108 Å². The predicted octanol–water partition coefficient (Wildman–Crippen LogP) is -0.320. The van der Waals surface area contributed by atoms with Crippen LogP contribution in [0.2, 0.25) is 0 Å². The first-order valence-electron chi connectivity index (χ1n) is 6.11. The van der Waals surface area contributed by atoms with Crippen LogP contribution in [-0.2, 0) is 4.74 Å². The predicted molar refractivity (Wildman–Crippen MR) is 67.5 cm³/mol. The number of hydrogen-bond donors (Lipinski definition) is 3. The van der Waals surface area contributed by atoms with E-state index in [-0.39, 0.29) is 30.4 Å². The summed E-state index contributed by atoms with van der Waals surface area (Å²) in [6.07, 6.45) is 0.960. The van der Waals surface area contributed by atoms with E-state index in [9.17, 15) is 4.79 Å². The molecule has 4 N–H and O–H groups in total. The van der Waals surface area contributed by atoms with Crippen molar-refractivity contribution in [2.24, 2.45) is 0 Å². The first kappa shape index (κ1) is 12.1. The molecule has 3 heterocycles. The zero-order valence-electron chi connectivity index (χ0n) is 10.5. The molecule has 3 rings (SSSR count). The SMILES string of the molecule is Cc1nn([C@H]2CC[C@@H](CO)O2)c2nc(N)[nH]c(=O)c12. The van der Waals surface area contributed by atoms with Crippen molar-refractivity contribution in [1.82, 2.24) is 19.7 Å². The molecule has 2 aromatic heterocycles. The highest BCUT2D eigenvalue weighted by molar-refractivity contribution is 5.77. The second-order valence-corrected chi connectivity index (χ2v) is 4.65. The summed E-state index contributed by atoms with van der Waals surface area (Å²) in [5.41, 5.74) is 6.27. The molecule has 8 heteroatoms. The molecule has 1 aliphatic heterocycles. The number of aromatic amines is 1. The van der Waals surface area contributed by atoms with Crippen LogP contribution >= 0.6 is 0 Å². The number of nitrogens with two attached hydrogens (primary N) is 1. The minimum Gasteiger partial charge on any atom is -0.394 e. The summed E-state index contributed by atoms with van der Waals surface area (Å²) in [5.74, 6) is 0.0513. The van der Waals surface area contributed by atoms with Gasteiger partial charge in [-0.15, -0.1) is 0 Å². The molecule has 0 aromatic carbocycles. The van der Waals surface area contributed by atoms with Gasteiger partial charge in [-0.1, -0.05) is 0 Å². The molecular weight excluding hydrogens is 250 g/mol. The van der Waals surface area contributed by atoms with Gasteiger partial charge in [0.15, 0.2) is 11.9 Å². The van der Waals surface area contributed by atoms with Crippen LogP contribution in [0.3, 0.4) is 0 Å². The average Bonchev–Trinajstić information content (AvgIpc) is 2.93. The zero-order valence-corrected chi connectivity index (χ0v) is 10.5. The molecule has 2 aromatic rings. The molecule has 0 radical (unpaired) electrons. The molecule has 0 spiro atoms. The second kappa shape index (κ2) is 4.32. The summed E-state index contributed by atoms with van der Waals surface area (Å²) in [7, 11) is 0. The number of fused-ring (bicyclic) bond motifs is 1. The van der Waals surface area contributed by atoms with Crippen molar-refractivity contribution in [3.63, 3.8) is 0 Å². The van der Waals surface area contributed by atoms with Crippen LogP contribution in [0.1, 0.15) is 24.8 Å². The quantitative estimate of drug-likeness (QED) is 0.684. The zero-order chi connectivity index (χ0) is 13.6. The van der Waals surface area contributed by atoms with Gasteiger partial charge in [0.25, 0.3) is 5.56 Å². The molecule has 0 aliphatic carbocycles. The van der Waals surface area contributed by atoms with Gasteiger partial charge in [-0.25, -0.2) is 4.68 Å². The number of hydrogen-bond acceptors (Lipinski definition) is 6. The van der Waals surface area contributed by atoms with Crippen molar-refractivity contribution in [2.45, 2.75) is 32.1 Å². The van der Waals surface area contributed by atoms with Gasteiger partial charge in [0, 0.05) is 0 Å². The summed E-state index contributed by atoms with van der Waals surface area (Å²) in [6.45, 7) is 1.72. The van der Waals surface area contributed by atoms with Crippen LogP contribution in [0, 0.1) is 6.92 Å². The number of nitrogens with one attached hydrogen (secondary N) is 1. The van der Waals surface area contributed by atoms with Crippen molar-refractivity contribution in [2.75, 3.05) is 12.3 Å². The van der Waals surface area contributed by atoms with Gasteiger partial charge in [0.05, 0.1) is 18.4 Å². The first-order chi connectivity index (χ1) is 9.10. The Kier molecular flexibility index (Phi) is 2.76. The Morgan fingerprint density at radius 1 is 1.58 bits per heavy atom. The number of rotatable bonds is 2. The Morgan fingerprint density at radius 3 is 3.05 bits per heavy atom. The average molecular weight is 265 g/mol. The molecular formula is C11H15N5O3. The number of ether oxygens (including phenoxy) is 1. The number of nitrogens with zero attached hydrogens (tertiary/aromatic N) is 3. The molecule has 0 bridgehead atoms. The fourth-order valence-corrected chi connectivity index (χ4v) is 2.43. The third kappa shape index (κ3) is 1.89. The number of aromatic nitrogens is 4. The molecule has 0 saturated carbocycles. The first-order valence-corrected chi connectivity index (χ1v) is 6.11. The van der Waals surface area contributed by atoms with E-state index in [0.29, 0.717) is 16.7 Å². The van der Waals surface area contributed by atoms with E-state index in [2.05, 4.69) is 15.1 Å². The summed E-state index contributed by atoms with van der Waals surface area (Å²) in [4.78, 5) is 18.4. The van der Waals surface area contributed by atoms with Gasteiger partial charge >= 0.3 is 0 Å². The van der Waals surface area contributed by atoms with Gasteiger partial charge in [-0.3, -0.25) is 9.78 Å². The van der Waals surface area contributed by atoms with Crippen LogP contribution in [0.15, 0.2) is 4.79 Å². The third-order valence-electron chi connectivity index (χ3n) is 3.32. The van der Waals surface area contributed by atoms with E-state index in [1.807, 2.05) is 0 Å². The maximum atomic E-state index is 11.9. The lowest BCUT2D eigenvalue weighted by atomic mass is 10.2. The Hall–Kier alpha value is -1.93. The fraction of sp³-hybridized carbons (Fsp3) is 0.545. The van der Waals surface area contributed by atoms with Crippen molar-refractivity contribution in [3.05, 3.63) is 16.0 Å². The monoisotopic (exact) mass is 265 g/mol. The van der Waals surface area contributed by atoms with Crippen LogP contribution in [0.4, 0.5) is 5.95 Å². The normalized spacial score (nSPS) is 23.3. The molecule has 2 atom stereocenters. The van der Waals surface area contributed by atoms with E-state index in [0.717, 1.165) is 12.8 Å². The molecule has 19 heavy (non-hydrogen) atoms. The fourth-order valence-electron chi connectivity index (χ4n) is 2.43.